The molecule has 2 saturated heterocycles. The summed E-state index contributed by atoms with van der Waals surface area (Å²) in [6.07, 6.45) is -0.815. The van der Waals surface area contributed by atoms with Crippen LogP contribution in [0.1, 0.15) is 43.0 Å². The summed E-state index contributed by atoms with van der Waals surface area (Å²) in [6.45, 7) is 3.00. The molecule has 1 aromatic heterocycles. The summed E-state index contributed by atoms with van der Waals surface area (Å²) in [5.41, 5.74) is -0.716. The van der Waals surface area contributed by atoms with Crippen molar-refractivity contribution in [3.63, 3.8) is 0 Å². The Kier molecular flexibility index (Phi) is 4.22. The minimum atomic E-state index is -4.61. The maximum absolute atomic E-state index is 13.1. The Morgan fingerprint density at radius 2 is 1.96 bits per heavy atom. The number of carbonyl (C=O) groups is 1. The highest BCUT2D eigenvalue weighted by Gasteiger charge is 2.42. The standard InChI is InChI=1S/C16H20ClF3N4O/c17-13-14(10-3-4-10)24(21-15(13)16(18,19)20)9-12(25)23-7-6-22-5-1-2-11(22)8-23/h10-11H,1-9H2/t11-/m0/s1. The Hall–Kier alpha value is -1.28. The molecule has 2 aliphatic heterocycles. The fourth-order valence-corrected chi connectivity index (χ4v) is 4.34. The molecule has 5 nitrogen and oxygen atoms in total. The number of aromatic nitrogens is 2. The lowest BCUT2D eigenvalue weighted by atomic mass is 10.1. The molecular formula is C16H20ClF3N4O. The smallest absolute Gasteiger partial charge is 0.338 e. The summed E-state index contributed by atoms with van der Waals surface area (Å²) in [7, 11) is 0. The molecule has 1 aromatic rings. The van der Waals surface area contributed by atoms with Gasteiger partial charge in [-0.25, -0.2) is 0 Å². The number of amides is 1. The average Bonchev–Trinajstić information content (AvgIpc) is 3.16. The highest BCUT2D eigenvalue weighted by atomic mass is 35.5. The lowest BCUT2D eigenvalue weighted by molar-refractivity contribution is -0.142. The SMILES string of the molecule is O=C(Cn1nc(C(F)(F)F)c(Cl)c1C1CC1)N1CCN2CCC[C@H]2C1. The largest absolute Gasteiger partial charge is 0.436 e. The molecule has 3 aliphatic rings. The molecule has 0 N–H and O–H groups in total. The molecule has 1 saturated carbocycles. The molecule has 0 spiro atoms. The molecular weight excluding hydrogens is 357 g/mol. The molecule has 4 rings (SSSR count). The van der Waals surface area contributed by atoms with Crippen molar-refractivity contribution in [3.05, 3.63) is 16.4 Å². The van der Waals surface area contributed by atoms with Gasteiger partial charge in [-0.05, 0) is 32.2 Å². The van der Waals surface area contributed by atoms with E-state index in [1.165, 1.54) is 4.68 Å². The van der Waals surface area contributed by atoms with E-state index in [-0.39, 0.29) is 23.4 Å². The Labute approximate surface area is 148 Å². The third-order valence-corrected chi connectivity index (χ3v) is 5.76. The number of piperazine rings is 1. The first-order valence-corrected chi connectivity index (χ1v) is 9.07. The Morgan fingerprint density at radius 1 is 1.20 bits per heavy atom. The van der Waals surface area contributed by atoms with Crippen LogP contribution in [0, 0.1) is 0 Å². The van der Waals surface area contributed by atoms with Crippen LogP contribution >= 0.6 is 11.6 Å². The van der Waals surface area contributed by atoms with Crippen molar-refractivity contribution in [2.75, 3.05) is 26.2 Å². The van der Waals surface area contributed by atoms with Crippen LogP contribution in [-0.2, 0) is 17.5 Å². The number of fused-ring (bicyclic) bond motifs is 1. The van der Waals surface area contributed by atoms with Crippen LogP contribution in [-0.4, -0.2) is 57.7 Å². The van der Waals surface area contributed by atoms with Crippen LogP contribution < -0.4 is 0 Å². The molecule has 1 atom stereocenters. The maximum Gasteiger partial charge on any atom is 0.436 e. The van der Waals surface area contributed by atoms with Crippen molar-refractivity contribution >= 4 is 17.5 Å². The second-order valence-corrected chi connectivity index (χ2v) is 7.53. The van der Waals surface area contributed by atoms with E-state index in [1.807, 2.05) is 0 Å². The third kappa shape index (κ3) is 3.26. The topological polar surface area (TPSA) is 41.4 Å². The first-order chi connectivity index (χ1) is 11.8. The van der Waals surface area contributed by atoms with E-state index < -0.39 is 11.9 Å². The number of alkyl halides is 3. The minimum absolute atomic E-state index is 0.0180. The lowest BCUT2D eigenvalue weighted by Crippen LogP contribution is -2.52. The fraction of sp³-hybridized carbons (Fsp3) is 0.750. The van der Waals surface area contributed by atoms with E-state index >= 15 is 0 Å². The Bertz CT molecular complexity index is 686. The van der Waals surface area contributed by atoms with Gasteiger partial charge in [-0.2, -0.15) is 18.3 Å². The van der Waals surface area contributed by atoms with Gasteiger partial charge >= 0.3 is 6.18 Å². The van der Waals surface area contributed by atoms with Crippen LogP contribution in [0.25, 0.3) is 0 Å². The van der Waals surface area contributed by atoms with Gasteiger partial charge in [0, 0.05) is 31.6 Å². The summed E-state index contributed by atoms with van der Waals surface area (Å²) < 4.78 is 40.5. The Balaban J connectivity index is 1.53. The third-order valence-electron chi connectivity index (χ3n) is 5.39. The van der Waals surface area contributed by atoms with E-state index in [0.29, 0.717) is 24.8 Å². The molecule has 3 heterocycles. The van der Waals surface area contributed by atoms with Crippen molar-refractivity contribution in [3.8, 4) is 0 Å². The van der Waals surface area contributed by atoms with Gasteiger partial charge in [0.05, 0.1) is 10.7 Å². The summed E-state index contributed by atoms with van der Waals surface area (Å²) in [4.78, 5) is 16.8. The molecule has 25 heavy (non-hydrogen) atoms. The number of halogens is 4. The van der Waals surface area contributed by atoms with E-state index in [2.05, 4.69) is 10.00 Å². The van der Waals surface area contributed by atoms with Crippen molar-refractivity contribution in [2.24, 2.45) is 0 Å². The van der Waals surface area contributed by atoms with Crippen molar-refractivity contribution in [1.29, 1.82) is 0 Å². The summed E-state index contributed by atoms with van der Waals surface area (Å²) >= 11 is 5.96. The molecule has 0 radical (unpaired) electrons. The zero-order chi connectivity index (χ0) is 17.8. The molecule has 1 amide bonds. The van der Waals surface area contributed by atoms with Gasteiger partial charge in [-0.1, -0.05) is 11.6 Å². The molecule has 3 fully saturated rings. The number of nitrogens with zero attached hydrogens (tertiary/aromatic N) is 4. The van der Waals surface area contributed by atoms with Crippen molar-refractivity contribution < 1.29 is 18.0 Å². The molecule has 0 aromatic carbocycles. The van der Waals surface area contributed by atoms with Gasteiger partial charge in [0.2, 0.25) is 5.91 Å². The van der Waals surface area contributed by atoms with Crippen LogP contribution in [0.15, 0.2) is 0 Å². The van der Waals surface area contributed by atoms with Crippen LogP contribution in [0.5, 0.6) is 0 Å². The molecule has 0 bridgehead atoms. The van der Waals surface area contributed by atoms with E-state index in [0.717, 1.165) is 38.8 Å². The average molecular weight is 377 g/mol. The normalized spacial score (nSPS) is 24.6. The first-order valence-electron chi connectivity index (χ1n) is 8.70. The zero-order valence-corrected chi connectivity index (χ0v) is 14.5. The van der Waals surface area contributed by atoms with Gasteiger partial charge < -0.3 is 4.90 Å². The highest BCUT2D eigenvalue weighted by molar-refractivity contribution is 6.32. The van der Waals surface area contributed by atoms with Crippen LogP contribution in [0.2, 0.25) is 5.02 Å². The predicted molar refractivity (Wildman–Crippen MR) is 85.4 cm³/mol. The van der Waals surface area contributed by atoms with E-state index in [9.17, 15) is 18.0 Å². The zero-order valence-electron chi connectivity index (χ0n) is 13.7. The predicted octanol–water partition coefficient (Wildman–Crippen LogP) is 2.74. The number of hydrogen-bond donors (Lipinski definition) is 0. The van der Waals surface area contributed by atoms with Gasteiger partial charge in [0.25, 0.3) is 0 Å². The van der Waals surface area contributed by atoms with Crippen molar-refractivity contribution in [1.82, 2.24) is 19.6 Å². The quantitative estimate of drug-likeness (QED) is 0.814. The number of carbonyl (C=O) groups excluding carboxylic acids is 1. The van der Waals surface area contributed by atoms with Gasteiger partial charge in [-0.15, -0.1) is 0 Å². The van der Waals surface area contributed by atoms with Crippen LogP contribution in [0.3, 0.4) is 0 Å². The molecule has 0 unspecified atom stereocenters. The Morgan fingerprint density at radius 3 is 2.64 bits per heavy atom. The number of rotatable bonds is 3. The number of hydrogen-bond acceptors (Lipinski definition) is 3. The summed E-state index contributed by atoms with van der Waals surface area (Å²) in [6, 6.07) is 0.382. The fourth-order valence-electron chi connectivity index (χ4n) is 3.95. The van der Waals surface area contributed by atoms with Gasteiger partial charge in [0.15, 0.2) is 5.69 Å². The van der Waals surface area contributed by atoms with E-state index in [1.54, 1.807) is 4.90 Å². The van der Waals surface area contributed by atoms with Crippen LogP contribution in [0.4, 0.5) is 13.2 Å². The molecule has 9 heteroatoms. The molecule has 138 valence electrons. The summed E-state index contributed by atoms with van der Waals surface area (Å²) in [5, 5.41) is 3.30. The van der Waals surface area contributed by atoms with E-state index in [4.69, 9.17) is 11.6 Å². The summed E-state index contributed by atoms with van der Waals surface area (Å²) in [5.74, 6) is -0.197. The first kappa shape index (κ1) is 17.1. The molecule has 1 aliphatic carbocycles. The second kappa shape index (κ2) is 6.16. The van der Waals surface area contributed by atoms with Gasteiger partial charge in [-0.3, -0.25) is 14.4 Å². The monoisotopic (exact) mass is 376 g/mol. The highest BCUT2D eigenvalue weighted by Crippen LogP contribution is 2.46. The van der Waals surface area contributed by atoms with Crippen molar-refractivity contribution in [2.45, 2.75) is 50.4 Å². The second-order valence-electron chi connectivity index (χ2n) is 7.15. The van der Waals surface area contributed by atoms with Gasteiger partial charge in [0.1, 0.15) is 6.54 Å². The lowest BCUT2D eigenvalue weighted by Gasteiger charge is -2.37. The minimum Gasteiger partial charge on any atom is -0.338 e. The maximum atomic E-state index is 13.1.